The van der Waals surface area contributed by atoms with Crippen LogP contribution in [0.2, 0.25) is 0 Å². The van der Waals surface area contributed by atoms with Crippen molar-refractivity contribution in [3.8, 4) is 0 Å². The minimum Gasteiger partial charge on any atom is -0.303 e. The predicted octanol–water partition coefficient (Wildman–Crippen LogP) is 4.23. The second kappa shape index (κ2) is 4.59. The molecular weight excluding hydrogens is 208 g/mol. The van der Waals surface area contributed by atoms with Gasteiger partial charge in [-0.2, -0.15) is 0 Å². The van der Waals surface area contributed by atoms with E-state index in [9.17, 15) is 4.79 Å². The fourth-order valence-electron chi connectivity index (χ4n) is 4.07. The molecule has 0 spiro atoms. The van der Waals surface area contributed by atoms with Gasteiger partial charge in [0.25, 0.3) is 0 Å². The van der Waals surface area contributed by atoms with Crippen molar-refractivity contribution in [2.75, 3.05) is 0 Å². The molecule has 1 nitrogen and oxygen atoms in total. The van der Waals surface area contributed by atoms with E-state index in [4.69, 9.17) is 0 Å². The highest BCUT2D eigenvalue weighted by Gasteiger charge is 2.46. The van der Waals surface area contributed by atoms with Crippen LogP contribution < -0.4 is 0 Å². The Morgan fingerprint density at radius 3 is 2.71 bits per heavy atom. The summed E-state index contributed by atoms with van der Waals surface area (Å²) in [5.74, 6) is 2.75. The Balaban J connectivity index is 2.32. The molecule has 2 rings (SSSR count). The Morgan fingerprint density at radius 2 is 2.12 bits per heavy atom. The number of carbonyl (C=O) groups is 1. The summed E-state index contributed by atoms with van der Waals surface area (Å²) in [6, 6.07) is 0. The molecule has 1 fully saturated rings. The van der Waals surface area contributed by atoms with Gasteiger partial charge in [0, 0.05) is 5.41 Å². The highest BCUT2D eigenvalue weighted by molar-refractivity contribution is 5.60. The van der Waals surface area contributed by atoms with Crippen LogP contribution in [0.15, 0.2) is 11.6 Å². The average molecular weight is 234 g/mol. The molecule has 2 aliphatic rings. The fraction of sp³-hybridized carbons (Fsp3) is 0.812. The molecule has 0 saturated heterocycles. The molecule has 0 aromatic heterocycles. The number of carbonyl (C=O) groups excluding carboxylic acids is 1. The number of fused-ring (bicyclic) bond motifs is 1. The second-order valence-electron chi connectivity index (χ2n) is 6.81. The van der Waals surface area contributed by atoms with E-state index in [0.29, 0.717) is 11.8 Å². The van der Waals surface area contributed by atoms with E-state index in [1.807, 2.05) is 0 Å². The Hall–Kier alpha value is -0.590. The summed E-state index contributed by atoms with van der Waals surface area (Å²) >= 11 is 0. The first-order chi connectivity index (χ1) is 7.98. The lowest BCUT2D eigenvalue weighted by Crippen LogP contribution is -2.44. The van der Waals surface area contributed by atoms with Gasteiger partial charge in [-0.25, -0.2) is 0 Å². The summed E-state index contributed by atoms with van der Waals surface area (Å²) < 4.78 is 0. The lowest BCUT2D eigenvalue weighted by molar-refractivity contribution is -0.123. The van der Waals surface area contributed by atoms with Gasteiger partial charge in [-0.3, -0.25) is 0 Å². The zero-order valence-electron chi connectivity index (χ0n) is 11.7. The van der Waals surface area contributed by atoms with Gasteiger partial charge in [-0.1, -0.05) is 32.4 Å². The van der Waals surface area contributed by atoms with E-state index in [2.05, 4.69) is 33.8 Å². The molecule has 0 aliphatic heterocycles. The maximum atomic E-state index is 11.5. The summed E-state index contributed by atoms with van der Waals surface area (Å²) in [5, 5.41) is 0. The van der Waals surface area contributed by atoms with Gasteiger partial charge in [-0.15, -0.1) is 0 Å². The monoisotopic (exact) mass is 234 g/mol. The third-order valence-electron chi connectivity index (χ3n) is 5.27. The molecule has 2 aliphatic carbocycles. The van der Waals surface area contributed by atoms with Crippen molar-refractivity contribution in [2.45, 2.75) is 53.4 Å². The predicted molar refractivity (Wildman–Crippen MR) is 71.7 cm³/mol. The maximum absolute atomic E-state index is 11.5. The molecule has 0 unspecified atom stereocenters. The summed E-state index contributed by atoms with van der Waals surface area (Å²) in [7, 11) is 0. The van der Waals surface area contributed by atoms with Crippen LogP contribution in [0, 0.1) is 29.1 Å². The van der Waals surface area contributed by atoms with Gasteiger partial charge in [0.2, 0.25) is 0 Å². The lowest BCUT2D eigenvalue weighted by Gasteiger charge is -2.49. The van der Waals surface area contributed by atoms with E-state index in [1.165, 1.54) is 31.1 Å². The summed E-state index contributed by atoms with van der Waals surface area (Å²) in [4.78, 5) is 11.5. The fourth-order valence-corrected chi connectivity index (χ4v) is 4.07. The van der Waals surface area contributed by atoms with Gasteiger partial charge < -0.3 is 4.79 Å². The largest absolute Gasteiger partial charge is 0.303 e. The Labute approximate surface area is 106 Å². The number of rotatable bonds is 2. The quantitative estimate of drug-likeness (QED) is 0.516. The molecule has 0 N–H and O–H groups in total. The van der Waals surface area contributed by atoms with Crippen molar-refractivity contribution in [2.24, 2.45) is 29.1 Å². The van der Waals surface area contributed by atoms with Crippen molar-refractivity contribution < 1.29 is 4.79 Å². The molecular formula is C16H26O. The van der Waals surface area contributed by atoms with Crippen LogP contribution in [-0.2, 0) is 4.79 Å². The van der Waals surface area contributed by atoms with Crippen LogP contribution in [-0.4, -0.2) is 6.29 Å². The second-order valence-corrected chi connectivity index (χ2v) is 6.81. The third-order valence-corrected chi connectivity index (χ3v) is 5.27. The van der Waals surface area contributed by atoms with Crippen molar-refractivity contribution in [3.63, 3.8) is 0 Å². The smallest absolute Gasteiger partial charge is 0.126 e. The molecule has 0 heterocycles. The SMILES string of the molecule is CC1=C[C@H]2[C@@H](C(C)C)CC[C@](C)(C=O)[C@@H]2CC1. The molecule has 4 atom stereocenters. The molecule has 0 aromatic carbocycles. The minimum atomic E-state index is -0.0622. The summed E-state index contributed by atoms with van der Waals surface area (Å²) in [6.45, 7) is 9.11. The molecule has 0 radical (unpaired) electrons. The first-order valence-electron chi connectivity index (χ1n) is 7.11. The molecule has 96 valence electrons. The van der Waals surface area contributed by atoms with Crippen molar-refractivity contribution in [1.82, 2.24) is 0 Å². The lowest BCUT2D eigenvalue weighted by atomic mass is 9.54. The standard InChI is InChI=1S/C16H26O/c1-11(2)13-7-8-16(4,10-17)15-6-5-12(3)9-14(13)15/h9-11,13-15H,5-8H2,1-4H3/t13-,14+,15-,16-/m1/s1. The Bertz CT molecular complexity index is 328. The highest BCUT2D eigenvalue weighted by Crippen LogP contribution is 2.52. The molecule has 0 aromatic rings. The van der Waals surface area contributed by atoms with Crippen molar-refractivity contribution in [3.05, 3.63) is 11.6 Å². The van der Waals surface area contributed by atoms with Crippen LogP contribution in [0.4, 0.5) is 0 Å². The van der Waals surface area contributed by atoms with Crippen molar-refractivity contribution in [1.29, 1.82) is 0 Å². The third kappa shape index (κ3) is 2.21. The van der Waals surface area contributed by atoms with Crippen LogP contribution >= 0.6 is 0 Å². The van der Waals surface area contributed by atoms with E-state index in [-0.39, 0.29) is 5.41 Å². The number of aldehydes is 1. The minimum absolute atomic E-state index is 0.0622. The van der Waals surface area contributed by atoms with Crippen LogP contribution in [0.5, 0.6) is 0 Å². The maximum Gasteiger partial charge on any atom is 0.126 e. The zero-order valence-corrected chi connectivity index (χ0v) is 11.7. The Kier molecular flexibility index (Phi) is 3.47. The molecule has 1 heteroatoms. The van der Waals surface area contributed by atoms with Crippen LogP contribution in [0.25, 0.3) is 0 Å². The zero-order chi connectivity index (χ0) is 12.6. The number of allylic oxidation sites excluding steroid dienone is 2. The topological polar surface area (TPSA) is 17.1 Å². The Morgan fingerprint density at radius 1 is 1.41 bits per heavy atom. The van der Waals surface area contributed by atoms with E-state index in [1.54, 1.807) is 0 Å². The van der Waals surface area contributed by atoms with Gasteiger partial charge in [0.1, 0.15) is 6.29 Å². The summed E-state index contributed by atoms with van der Waals surface area (Å²) in [6.07, 6.45) is 8.45. The van der Waals surface area contributed by atoms with Gasteiger partial charge >= 0.3 is 0 Å². The average Bonchev–Trinajstić information content (AvgIpc) is 2.28. The van der Waals surface area contributed by atoms with E-state index < -0.39 is 0 Å². The van der Waals surface area contributed by atoms with Crippen LogP contribution in [0.3, 0.4) is 0 Å². The molecule has 0 bridgehead atoms. The van der Waals surface area contributed by atoms with E-state index >= 15 is 0 Å². The van der Waals surface area contributed by atoms with Gasteiger partial charge in [0.05, 0.1) is 0 Å². The normalized spacial score (nSPS) is 41.9. The first-order valence-corrected chi connectivity index (χ1v) is 7.11. The molecule has 17 heavy (non-hydrogen) atoms. The molecule has 0 amide bonds. The van der Waals surface area contributed by atoms with E-state index in [0.717, 1.165) is 18.3 Å². The highest BCUT2D eigenvalue weighted by atomic mass is 16.1. The summed E-state index contributed by atoms with van der Waals surface area (Å²) in [5.41, 5.74) is 1.47. The van der Waals surface area contributed by atoms with Gasteiger partial charge in [0.15, 0.2) is 0 Å². The number of hydrogen-bond donors (Lipinski definition) is 0. The van der Waals surface area contributed by atoms with Crippen LogP contribution in [0.1, 0.15) is 53.4 Å². The first kappa shape index (κ1) is 12.9. The van der Waals surface area contributed by atoms with Crippen molar-refractivity contribution >= 4 is 6.29 Å². The molecule has 1 saturated carbocycles. The number of hydrogen-bond acceptors (Lipinski definition) is 1. The van der Waals surface area contributed by atoms with Gasteiger partial charge in [-0.05, 0) is 56.3 Å².